The van der Waals surface area contributed by atoms with E-state index < -0.39 is 0 Å². The molecule has 0 saturated heterocycles. The summed E-state index contributed by atoms with van der Waals surface area (Å²) in [7, 11) is 0. The van der Waals surface area contributed by atoms with Crippen molar-refractivity contribution in [3.05, 3.63) is 97.1 Å². The van der Waals surface area contributed by atoms with E-state index >= 15 is 0 Å². The van der Waals surface area contributed by atoms with Crippen LogP contribution in [-0.4, -0.2) is 0 Å². The summed E-state index contributed by atoms with van der Waals surface area (Å²) in [6.07, 6.45) is 0. The van der Waals surface area contributed by atoms with Crippen LogP contribution < -0.4 is 10.6 Å². The predicted molar refractivity (Wildman–Crippen MR) is 103 cm³/mol. The number of rotatable bonds is 4. The molecule has 2 N–H and O–H groups in total. The smallest absolute Gasteiger partial charge is 0.0390 e. The molecule has 0 spiro atoms. The number of hydrogen-bond acceptors (Lipinski definition) is 2. The Labute approximate surface area is 141 Å². The van der Waals surface area contributed by atoms with E-state index in [1.807, 2.05) is 18.2 Å². The quantitative estimate of drug-likeness (QED) is 0.460. The molecule has 2 heteroatoms. The lowest BCUT2D eigenvalue weighted by Gasteiger charge is -2.10. The van der Waals surface area contributed by atoms with Crippen molar-refractivity contribution in [2.45, 2.75) is 0 Å². The van der Waals surface area contributed by atoms with Gasteiger partial charge in [-0.1, -0.05) is 48.5 Å². The summed E-state index contributed by atoms with van der Waals surface area (Å²) in [5, 5.41) is 9.35. The van der Waals surface area contributed by atoms with Gasteiger partial charge in [-0.3, -0.25) is 0 Å². The molecule has 0 aliphatic heterocycles. The van der Waals surface area contributed by atoms with E-state index in [0.717, 1.165) is 22.7 Å². The standard InChI is InChI=1S/C22H18N2/c1-2-8-19(9-3-1)23-20-12-14-21(15-13-20)24-22-11-10-17-6-4-5-7-18(17)16-22/h1-16,23-24H. The van der Waals surface area contributed by atoms with Crippen molar-refractivity contribution in [2.24, 2.45) is 0 Å². The zero-order chi connectivity index (χ0) is 16.2. The van der Waals surface area contributed by atoms with Gasteiger partial charge in [-0.2, -0.15) is 0 Å². The number of anilines is 4. The van der Waals surface area contributed by atoms with Crippen LogP contribution in [0.5, 0.6) is 0 Å². The van der Waals surface area contributed by atoms with E-state index in [1.54, 1.807) is 0 Å². The molecular weight excluding hydrogens is 292 g/mol. The molecule has 4 rings (SSSR count). The molecule has 116 valence electrons. The van der Waals surface area contributed by atoms with Crippen molar-refractivity contribution in [3.8, 4) is 0 Å². The Hall–Kier alpha value is -3.26. The monoisotopic (exact) mass is 310 g/mol. The Kier molecular flexibility index (Phi) is 3.86. The maximum atomic E-state index is 3.46. The molecule has 0 heterocycles. The fourth-order valence-electron chi connectivity index (χ4n) is 2.76. The zero-order valence-corrected chi connectivity index (χ0v) is 13.2. The van der Waals surface area contributed by atoms with Crippen LogP contribution in [0.15, 0.2) is 97.1 Å². The van der Waals surface area contributed by atoms with E-state index in [0.29, 0.717) is 0 Å². The Morgan fingerprint density at radius 2 is 0.875 bits per heavy atom. The van der Waals surface area contributed by atoms with Crippen LogP contribution in [0.25, 0.3) is 10.8 Å². The number of hydrogen-bond donors (Lipinski definition) is 2. The molecular formula is C22H18N2. The second-order valence-electron chi connectivity index (χ2n) is 5.76. The molecule has 0 fully saturated rings. The molecule has 24 heavy (non-hydrogen) atoms. The number of benzene rings is 4. The third kappa shape index (κ3) is 3.23. The van der Waals surface area contributed by atoms with Gasteiger partial charge >= 0.3 is 0 Å². The fourth-order valence-corrected chi connectivity index (χ4v) is 2.76. The number of fused-ring (bicyclic) bond motifs is 1. The highest BCUT2D eigenvalue weighted by Gasteiger charge is 1.99. The van der Waals surface area contributed by atoms with Crippen LogP contribution in [0.4, 0.5) is 22.7 Å². The molecule has 0 bridgehead atoms. The maximum absolute atomic E-state index is 3.46. The van der Waals surface area contributed by atoms with Crippen molar-refractivity contribution >= 4 is 33.5 Å². The summed E-state index contributed by atoms with van der Waals surface area (Å²) in [6.45, 7) is 0. The molecule has 0 aliphatic rings. The first-order valence-corrected chi connectivity index (χ1v) is 8.05. The van der Waals surface area contributed by atoms with E-state index in [1.165, 1.54) is 10.8 Å². The third-order valence-corrected chi connectivity index (χ3v) is 3.99. The van der Waals surface area contributed by atoms with Gasteiger partial charge in [0.05, 0.1) is 0 Å². The van der Waals surface area contributed by atoms with E-state index in [-0.39, 0.29) is 0 Å². The SMILES string of the molecule is c1ccc(Nc2ccc(Nc3ccc4ccccc4c3)cc2)cc1. The lowest BCUT2D eigenvalue weighted by molar-refractivity contribution is 1.52. The molecule has 0 saturated carbocycles. The summed E-state index contributed by atoms with van der Waals surface area (Å²) in [6, 6.07) is 33.3. The second-order valence-corrected chi connectivity index (χ2v) is 5.76. The summed E-state index contributed by atoms with van der Waals surface area (Å²) in [4.78, 5) is 0. The molecule has 4 aromatic rings. The van der Waals surface area contributed by atoms with Gasteiger partial charge in [-0.05, 0) is 59.3 Å². The molecule has 4 aromatic carbocycles. The predicted octanol–water partition coefficient (Wildman–Crippen LogP) is 6.33. The van der Waals surface area contributed by atoms with Gasteiger partial charge in [0, 0.05) is 22.7 Å². The molecule has 0 aromatic heterocycles. The lowest BCUT2D eigenvalue weighted by Crippen LogP contribution is -1.92. The minimum atomic E-state index is 1.07. The van der Waals surface area contributed by atoms with Crippen molar-refractivity contribution in [2.75, 3.05) is 10.6 Å². The van der Waals surface area contributed by atoms with E-state index in [2.05, 4.69) is 89.5 Å². The Bertz CT molecular complexity index is 944. The first-order valence-electron chi connectivity index (χ1n) is 8.05. The van der Waals surface area contributed by atoms with Crippen molar-refractivity contribution < 1.29 is 0 Å². The van der Waals surface area contributed by atoms with Crippen LogP contribution in [0.3, 0.4) is 0 Å². The minimum Gasteiger partial charge on any atom is -0.356 e. The molecule has 0 unspecified atom stereocenters. The molecule has 0 atom stereocenters. The molecule has 0 radical (unpaired) electrons. The van der Waals surface area contributed by atoms with Gasteiger partial charge in [0.25, 0.3) is 0 Å². The second kappa shape index (κ2) is 6.47. The Morgan fingerprint density at radius 1 is 0.375 bits per heavy atom. The average molecular weight is 310 g/mol. The first-order chi connectivity index (χ1) is 11.9. The van der Waals surface area contributed by atoms with Crippen LogP contribution in [0.2, 0.25) is 0 Å². The van der Waals surface area contributed by atoms with Crippen LogP contribution in [-0.2, 0) is 0 Å². The fraction of sp³-hybridized carbons (Fsp3) is 0. The highest BCUT2D eigenvalue weighted by Crippen LogP contribution is 2.24. The highest BCUT2D eigenvalue weighted by atomic mass is 14.9. The van der Waals surface area contributed by atoms with E-state index in [4.69, 9.17) is 0 Å². The maximum Gasteiger partial charge on any atom is 0.0390 e. The normalized spacial score (nSPS) is 10.5. The van der Waals surface area contributed by atoms with Gasteiger partial charge in [-0.25, -0.2) is 0 Å². The van der Waals surface area contributed by atoms with Crippen molar-refractivity contribution in [3.63, 3.8) is 0 Å². The third-order valence-electron chi connectivity index (χ3n) is 3.99. The van der Waals surface area contributed by atoms with Crippen molar-refractivity contribution in [1.82, 2.24) is 0 Å². The number of para-hydroxylation sites is 1. The van der Waals surface area contributed by atoms with Gasteiger partial charge in [0.1, 0.15) is 0 Å². The summed E-state index contributed by atoms with van der Waals surface area (Å²) >= 11 is 0. The first kappa shape index (κ1) is 14.3. The summed E-state index contributed by atoms with van der Waals surface area (Å²) in [5.41, 5.74) is 4.33. The topological polar surface area (TPSA) is 24.1 Å². The Balaban J connectivity index is 1.50. The van der Waals surface area contributed by atoms with E-state index in [9.17, 15) is 0 Å². The average Bonchev–Trinajstić information content (AvgIpc) is 2.64. The minimum absolute atomic E-state index is 1.07. The van der Waals surface area contributed by atoms with Crippen molar-refractivity contribution in [1.29, 1.82) is 0 Å². The Morgan fingerprint density at radius 3 is 1.58 bits per heavy atom. The largest absolute Gasteiger partial charge is 0.356 e. The number of nitrogens with one attached hydrogen (secondary N) is 2. The zero-order valence-electron chi connectivity index (χ0n) is 13.2. The summed E-state index contributed by atoms with van der Waals surface area (Å²) in [5.74, 6) is 0. The van der Waals surface area contributed by atoms with Crippen LogP contribution >= 0.6 is 0 Å². The molecule has 2 nitrogen and oxygen atoms in total. The lowest BCUT2D eigenvalue weighted by atomic mass is 10.1. The van der Waals surface area contributed by atoms with Crippen LogP contribution in [0, 0.1) is 0 Å². The van der Waals surface area contributed by atoms with Gasteiger partial charge < -0.3 is 10.6 Å². The van der Waals surface area contributed by atoms with Gasteiger partial charge in [0.15, 0.2) is 0 Å². The summed E-state index contributed by atoms with van der Waals surface area (Å²) < 4.78 is 0. The molecule has 0 aliphatic carbocycles. The van der Waals surface area contributed by atoms with Gasteiger partial charge in [0.2, 0.25) is 0 Å². The molecule has 0 amide bonds. The van der Waals surface area contributed by atoms with Gasteiger partial charge in [-0.15, -0.1) is 0 Å². The highest BCUT2D eigenvalue weighted by molar-refractivity contribution is 5.86. The van der Waals surface area contributed by atoms with Crippen LogP contribution in [0.1, 0.15) is 0 Å².